The zero-order valence-electron chi connectivity index (χ0n) is 8.88. The molecule has 0 spiro atoms. The van der Waals surface area contributed by atoms with Crippen molar-refractivity contribution in [3.05, 3.63) is 34.4 Å². The van der Waals surface area contributed by atoms with Gasteiger partial charge in [-0.15, -0.1) is 11.3 Å². The highest BCUT2D eigenvalue weighted by Crippen LogP contribution is 2.37. The van der Waals surface area contributed by atoms with E-state index in [1.165, 1.54) is 41.7 Å². The maximum atomic E-state index is 5.92. The molecular formula is C13H14OS. The fourth-order valence-corrected chi connectivity index (χ4v) is 3.16. The van der Waals surface area contributed by atoms with Gasteiger partial charge in [-0.3, -0.25) is 0 Å². The van der Waals surface area contributed by atoms with E-state index in [0.29, 0.717) is 0 Å². The molecule has 2 heterocycles. The lowest BCUT2D eigenvalue weighted by atomic mass is 9.92. The van der Waals surface area contributed by atoms with E-state index in [1.807, 2.05) is 0 Å². The van der Waals surface area contributed by atoms with Crippen molar-refractivity contribution in [3.63, 3.8) is 0 Å². The molecule has 1 aliphatic carbocycles. The van der Waals surface area contributed by atoms with Gasteiger partial charge in [-0.05, 0) is 49.6 Å². The first kappa shape index (κ1) is 9.22. The van der Waals surface area contributed by atoms with Gasteiger partial charge in [0.15, 0.2) is 0 Å². The van der Waals surface area contributed by atoms with Crippen molar-refractivity contribution in [1.82, 2.24) is 0 Å². The normalized spacial score (nSPS) is 15.3. The molecular weight excluding hydrogens is 204 g/mol. The second-order valence-corrected chi connectivity index (χ2v) is 5.08. The van der Waals surface area contributed by atoms with Gasteiger partial charge >= 0.3 is 0 Å². The Morgan fingerprint density at radius 1 is 1.20 bits per heavy atom. The molecule has 0 fully saturated rings. The van der Waals surface area contributed by atoms with E-state index >= 15 is 0 Å². The van der Waals surface area contributed by atoms with E-state index in [0.717, 1.165) is 11.5 Å². The van der Waals surface area contributed by atoms with Crippen LogP contribution < -0.4 is 0 Å². The number of thiophene rings is 1. The lowest BCUT2D eigenvalue weighted by Gasteiger charge is -2.10. The number of hydrogen-bond acceptors (Lipinski definition) is 2. The quantitative estimate of drug-likeness (QED) is 0.699. The Labute approximate surface area is 93.7 Å². The molecule has 0 aliphatic heterocycles. The molecule has 15 heavy (non-hydrogen) atoms. The third-order valence-electron chi connectivity index (χ3n) is 3.17. The van der Waals surface area contributed by atoms with Crippen molar-refractivity contribution < 1.29 is 4.42 Å². The minimum atomic E-state index is 1.13. The van der Waals surface area contributed by atoms with Crippen molar-refractivity contribution in [2.75, 3.05) is 0 Å². The summed E-state index contributed by atoms with van der Waals surface area (Å²) in [6.45, 7) is 2.10. The summed E-state index contributed by atoms with van der Waals surface area (Å²) < 4.78 is 5.92. The first-order chi connectivity index (χ1) is 7.36. The van der Waals surface area contributed by atoms with Crippen LogP contribution in [0.3, 0.4) is 0 Å². The van der Waals surface area contributed by atoms with Crippen LogP contribution in [-0.4, -0.2) is 0 Å². The molecule has 1 aliphatic rings. The van der Waals surface area contributed by atoms with Gasteiger partial charge in [-0.2, -0.15) is 0 Å². The van der Waals surface area contributed by atoms with Crippen LogP contribution in [0, 0.1) is 6.92 Å². The standard InChI is InChI=1S/C13H14OS/c1-9-10-5-2-3-6-11(10)13(14-9)12-7-4-8-15-12/h4,7-8H,2-3,5-6H2,1H3. The third-order valence-corrected chi connectivity index (χ3v) is 4.04. The maximum Gasteiger partial charge on any atom is 0.147 e. The predicted octanol–water partition coefficient (Wildman–Crippen LogP) is 4.20. The molecule has 0 radical (unpaired) electrons. The minimum absolute atomic E-state index is 1.13. The molecule has 2 aromatic heterocycles. The van der Waals surface area contributed by atoms with E-state index < -0.39 is 0 Å². The van der Waals surface area contributed by atoms with Gasteiger partial charge < -0.3 is 4.42 Å². The van der Waals surface area contributed by atoms with Crippen LogP contribution in [0.25, 0.3) is 10.6 Å². The van der Waals surface area contributed by atoms with E-state index in [1.54, 1.807) is 11.3 Å². The molecule has 78 valence electrons. The Morgan fingerprint density at radius 2 is 2.00 bits per heavy atom. The largest absolute Gasteiger partial charge is 0.460 e. The van der Waals surface area contributed by atoms with Crippen molar-refractivity contribution >= 4 is 11.3 Å². The van der Waals surface area contributed by atoms with Crippen LogP contribution in [0.15, 0.2) is 21.9 Å². The Balaban J connectivity index is 2.16. The van der Waals surface area contributed by atoms with Crippen molar-refractivity contribution in [2.45, 2.75) is 32.6 Å². The van der Waals surface area contributed by atoms with Gasteiger partial charge in [0, 0.05) is 5.56 Å². The molecule has 0 bridgehead atoms. The van der Waals surface area contributed by atoms with E-state index in [9.17, 15) is 0 Å². The van der Waals surface area contributed by atoms with Gasteiger partial charge in [0.05, 0.1) is 4.88 Å². The van der Waals surface area contributed by atoms with Gasteiger partial charge in [0.2, 0.25) is 0 Å². The van der Waals surface area contributed by atoms with Crippen molar-refractivity contribution in [3.8, 4) is 10.6 Å². The minimum Gasteiger partial charge on any atom is -0.460 e. The fraction of sp³-hybridized carbons (Fsp3) is 0.385. The summed E-state index contributed by atoms with van der Waals surface area (Å²) in [7, 11) is 0. The monoisotopic (exact) mass is 218 g/mol. The van der Waals surface area contributed by atoms with Crippen LogP contribution >= 0.6 is 11.3 Å². The number of hydrogen-bond donors (Lipinski definition) is 0. The third kappa shape index (κ3) is 1.44. The Bertz CT molecular complexity index is 465. The fourth-order valence-electron chi connectivity index (χ4n) is 2.43. The summed E-state index contributed by atoms with van der Waals surface area (Å²) in [6.07, 6.45) is 5.03. The smallest absolute Gasteiger partial charge is 0.147 e. The molecule has 2 heteroatoms. The van der Waals surface area contributed by atoms with Gasteiger partial charge in [0.1, 0.15) is 11.5 Å². The van der Waals surface area contributed by atoms with Crippen LogP contribution in [0.2, 0.25) is 0 Å². The second-order valence-electron chi connectivity index (χ2n) is 4.13. The van der Waals surface area contributed by atoms with E-state index in [-0.39, 0.29) is 0 Å². The van der Waals surface area contributed by atoms with E-state index in [4.69, 9.17) is 4.42 Å². The Kier molecular flexibility index (Phi) is 2.17. The first-order valence-electron chi connectivity index (χ1n) is 5.51. The molecule has 0 aromatic carbocycles. The summed E-state index contributed by atoms with van der Waals surface area (Å²) in [5, 5.41) is 2.11. The Morgan fingerprint density at radius 3 is 2.73 bits per heavy atom. The summed E-state index contributed by atoms with van der Waals surface area (Å²) in [5.74, 6) is 2.27. The van der Waals surface area contributed by atoms with Crippen molar-refractivity contribution in [1.29, 1.82) is 0 Å². The van der Waals surface area contributed by atoms with Gasteiger partial charge in [-0.25, -0.2) is 0 Å². The molecule has 0 saturated carbocycles. The molecule has 0 atom stereocenters. The average molecular weight is 218 g/mol. The maximum absolute atomic E-state index is 5.92. The molecule has 0 saturated heterocycles. The topological polar surface area (TPSA) is 13.1 Å². The van der Waals surface area contributed by atoms with Crippen LogP contribution in [-0.2, 0) is 12.8 Å². The second kappa shape index (κ2) is 3.53. The molecule has 3 rings (SSSR count). The van der Waals surface area contributed by atoms with Crippen LogP contribution in [0.5, 0.6) is 0 Å². The van der Waals surface area contributed by atoms with Crippen LogP contribution in [0.1, 0.15) is 29.7 Å². The summed E-state index contributed by atoms with van der Waals surface area (Å²) in [4.78, 5) is 1.28. The number of fused-ring (bicyclic) bond motifs is 1. The number of rotatable bonds is 1. The lowest BCUT2D eigenvalue weighted by molar-refractivity contribution is 0.544. The van der Waals surface area contributed by atoms with Gasteiger partial charge in [-0.1, -0.05) is 6.07 Å². The SMILES string of the molecule is Cc1oc(-c2cccs2)c2c1CCCC2. The highest BCUT2D eigenvalue weighted by Gasteiger charge is 2.21. The highest BCUT2D eigenvalue weighted by molar-refractivity contribution is 7.13. The predicted molar refractivity (Wildman–Crippen MR) is 63.4 cm³/mol. The summed E-state index contributed by atoms with van der Waals surface area (Å²) in [6, 6.07) is 4.24. The molecule has 0 unspecified atom stereocenters. The highest BCUT2D eigenvalue weighted by atomic mass is 32.1. The summed E-state index contributed by atoms with van der Waals surface area (Å²) in [5.41, 5.74) is 2.95. The zero-order chi connectivity index (χ0) is 10.3. The first-order valence-corrected chi connectivity index (χ1v) is 6.39. The van der Waals surface area contributed by atoms with Gasteiger partial charge in [0.25, 0.3) is 0 Å². The lowest BCUT2D eigenvalue weighted by Crippen LogP contribution is -2.00. The zero-order valence-corrected chi connectivity index (χ0v) is 9.69. The molecule has 1 nitrogen and oxygen atoms in total. The average Bonchev–Trinajstić information content (AvgIpc) is 2.87. The van der Waals surface area contributed by atoms with Crippen molar-refractivity contribution in [2.24, 2.45) is 0 Å². The van der Waals surface area contributed by atoms with E-state index in [2.05, 4.69) is 24.4 Å². The summed E-state index contributed by atoms with van der Waals surface area (Å²) >= 11 is 1.77. The Hall–Kier alpha value is -1.02. The number of aryl methyl sites for hydroxylation is 1. The number of furan rings is 1. The molecule has 0 N–H and O–H groups in total. The van der Waals surface area contributed by atoms with Crippen LogP contribution in [0.4, 0.5) is 0 Å². The molecule has 2 aromatic rings. The molecule has 0 amide bonds.